The monoisotopic (exact) mass is 458 g/mol. The number of ether oxygens (including phenoxy) is 1. The molecule has 1 amide bonds. The van der Waals surface area contributed by atoms with Crippen molar-refractivity contribution >= 4 is 28.2 Å². The fourth-order valence-corrected chi connectivity index (χ4v) is 3.92. The Morgan fingerprint density at radius 3 is 2.48 bits per heavy atom. The second-order valence-electron chi connectivity index (χ2n) is 7.62. The molecule has 0 radical (unpaired) electrons. The summed E-state index contributed by atoms with van der Waals surface area (Å²) in [6.07, 6.45) is -2.34. The van der Waals surface area contributed by atoms with Gasteiger partial charge in [-0.3, -0.25) is 9.78 Å². The molecule has 10 heteroatoms. The average molecular weight is 458 g/mol. The van der Waals surface area contributed by atoms with Gasteiger partial charge in [0.25, 0.3) is 0 Å². The van der Waals surface area contributed by atoms with Crippen LogP contribution in [0.1, 0.15) is 18.4 Å². The predicted molar refractivity (Wildman–Crippen MR) is 113 cm³/mol. The van der Waals surface area contributed by atoms with Crippen LogP contribution in [0, 0.1) is 23.1 Å². The molecule has 1 saturated heterocycles. The van der Waals surface area contributed by atoms with E-state index in [1.807, 2.05) is 4.90 Å². The van der Waals surface area contributed by atoms with Crippen LogP contribution in [-0.4, -0.2) is 30.3 Å². The number of piperidine rings is 1. The Labute approximate surface area is 186 Å². The molecule has 0 bridgehead atoms. The summed E-state index contributed by atoms with van der Waals surface area (Å²) >= 11 is 0. The lowest BCUT2D eigenvalue weighted by Gasteiger charge is -2.34. The van der Waals surface area contributed by atoms with Crippen molar-refractivity contribution in [2.45, 2.75) is 19.2 Å². The molecule has 0 unspecified atom stereocenters. The summed E-state index contributed by atoms with van der Waals surface area (Å²) in [7, 11) is 0. The Balaban J connectivity index is 1.43. The Hall–Kier alpha value is -3.87. The number of anilines is 2. The summed E-state index contributed by atoms with van der Waals surface area (Å²) in [4.78, 5) is 18.8. The first-order valence-corrected chi connectivity index (χ1v) is 10.1. The van der Waals surface area contributed by atoms with Gasteiger partial charge in [0.2, 0.25) is 5.91 Å². The molecule has 0 saturated carbocycles. The molecule has 4 rings (SSSR count). The van der Waals surface area contributed by atoms with Crippen LogP contribution in [0.2, 0.25) is 0 Å². The number of carbonyl (C=O) groups excluding carboxylic acids is 1. The molecule has 6 nitrogen and oxygen atoms in total. The number of nitrogens with zero attached hydrogens (tertiary/aromatic N) is 3. The Morgan fingerprint density at radius 2 is 1.85 bits per heavy atom. The van der Waals surface area contributed by atoms with E-state index in [-0.39, 0.29) is 17.6 Å². The number of fused-ring (bicyclic) bond motifs is 1. The zero-order valence-corrected chi connectivity index (χ0v) is 17.2. The highest BCUT2D eigenvalue weighted by Gasteiger charge is 2.31. The molecular weight excluding hydrogens is 440 g/mol. The number of amides is 1. The molecule has 3 aromatic rings. The van der Waals surface area contributed by atoms with E-state index >= 15 is 0 Å². The molecule has 0 aliphatic carbocycles. The molecule has 0 spiro atoms. The molecule has 1 aromatic heterocycles. The number of aromatic nitrogens is 1. The van der Waals surface area contributed by atoms with E-state index < -0.39 is 12.2 Å². The van der Waals surface area contributed by atoms with Gasteiger partial charge in [-0.1, -0.05) is 0 Å². The highest BCUT2D eigenvalue weighted by atomic mass is 19.4. The molecule has 1 fully saturated rings. The van der Waals surface area contributed by atoms with E-state index in [2.05, 4.69) is 21.1 Å². The van der Waals surface area contributed by atoms with Crippen LogP contribution < -0.4 is 15.0 Å². The van der Waals surface area contributed by atoms with E-state index in [0.717, 1.165) is 12.1 Å². The summed E-state index contributed by atoms with van der Waals surface area (Å²) < 4.78 is 54.5. The molecule has 1 N–H and O–H groups in total. The highest BCUT2D eigenvalue weighted by molar-refractivity contribution is 5.95. The van der Waals surface area contributed by atoms with Crippen molar-refractivity contribution in [2.75, 3.05) is 23.3 Å². The minimum absolute atomic E-state index is 0.245. The molecule has 1 aliphatic rings. The summed E-state index contributed by atoms with van der Waals surface area (Å²) in [5.41, 5.74) is 1.86. The van der Waals surface area contributed by atoms with Gasteiger partial charge in [0.15, 0.2) is 0 Å². The van der Waals surface area contributed by atoms with Crippen molar-refractivity contribution in [3.05, 3.63) is 60.0 Å². The second-order valence-corrected chi connectivity index (χ2v) is 7.62. The zero-order valence-electron chi connectivity index (χ0n) is 17.2. The second kappa shape index (κ2) is 8.94. The van der Waals surface area contributed by atoms with Crippen molar-refractivity contribution in [2.24, 2.45) is 5.92 Å². The minimum Gasteiger partial charge on any atom is -0.406 e. The quantitative estimate of drug-likeness (QED) is 0.557. The first-order valence-electron chi connectivity index (χ1n) is 10.1. The van der Waals surface area contributed by atoms with Crippen molar-refractivity contribution in [3.63, 3.8) is 0 Å². The third-order valence-electron chi connectivity index (χ3n) is 5.46. The summed E-state index contributed by atoms with van der Waals surface area (Å²) in [6.45, 7) is 0.946. The number of nitriles is 1. The van der Waals surface area contributed by atoms with E-state index in [0.29, 0.717) is 53.8 Å². The maximum atomic E-state index is 13.9. The molecule has 2 aromatic carbocycles. The van der Waals surface area contributed by atoms with Gasteiger partial charge < -0.3 is 15.0 Å². The zero-order chi connectivity index (χ0) is 23.6. The van der Waals surface area contributed by atoms with Crippen LogP contribution in [0.4, 0.5) is 28.9 Å². The minimum atomic E-state index is -4.78. The van der Waals surface area contributed by atoms with Crippen LogP contribution >= 0.6 is 0 Å². The molecule has 1 aliphatic heterocycles. The summed E-state index contributed by atoms with van der Waals surface area (Å²) in [5, 5.41) is 12.8. The highest BCUT2D eigenvalue weighted by Crippen LogP contribution is 2.33. The maximum absolute atomic E-state index is 13.9. The van der Waals surface area contributed by atoms with Crippen molar-refractivity contribution < 1.29 is 27.1 Å². The largest absolute Gasteiger partial charge is 0.573 e. The number of benzene rings is 2. The lowest BCUT2D eigenvalue weighted by atomic mass is 9.94. The fraction of sp³-hybridized carbons (Fsp3) is 0.261. The molecule has 33 heavy (non-hydrogen) atoms. The van der Waals surface area contributed by atoms with Gasteiger partial charge in [-0.25, -0.2) is 4.39 Å². The smallest absolute Gasteiger partial charge is 0.406 e. The number of pyridine rings is 1. The molecule has 170 valence electrons. The Kier molecular flexibility index (Phi) is 6.05. The van der Waals surface area contributed by atoms with Crippen molar-refractivity contribution in [3.8, 4) is 11.8 Å². The maximum Gasteiger partial charge on any atom is 0.573 e. The molecule has 2 heterocycles. The predicted octanol–water partition coefficient (Wildman–Crippen LogP) is 5.00. The third kappa shape index (κ3) is 5.14. The van der Waals surface area contributed by atoms with E-state index in [1.165, 1.54) is 30.5 Å². The number of nitrogens with one attached hydrogen (secondary N) is 1. The van der Waals surface area contributed by atoms with Crippen LogP contribution in [0.25, 0.3) is 10.9 Å². The number of rotatable bonds is 4. The standard InChI is InChI=1S/C23H18F4N4O2/c24-16-1-6-20-19(11-16)21(15(12-28)13-29-20)31-9-7-14(8-10-31)22(32)30-17-2-4-18(5-3-17)33-23(25,26)27/h1-6,11,13-14H,7-10H2,(H,30,32). The van der Waals surface area contributed by atoms with Crippen molar-refractivity contribution in [1.29, 1.82) is 5.26 Å². The number of alkyl halides is 3. The van der Waals surface area contributed by atoms with Gasteiger partial charge in [-0.2, -0.15) is 5.26 Å². The number of halogens is 4. The topological polar surface area (TPSA) is 78.2 Å². The third-order valence-corrected chi connectivity index (χ3v) is 5.46. The van der Waals surface area contributed by atoms with E-state index in [4.69, 9.17) is 0 Å². The number of hydrogen-bond acceptors (Lipinski definition) is 5. The van der Waals surface area contributed by atoms with Gasteiger partial charge >= 0.3 is 6.36 Å². The lowest BCUT2D eigenvalue weighted by molar-refractivity contribution is -0.274. The molecular formula is C23H18F4N4O2. The Morgan fingerprint density at radius 1 is 1.15 bits per heavy atom. The van der Waals surface area contributed by atoms with Gasteiger partial charge in [-0.15, -0.1) is 13.2 Å². The fourth-order valence-electron chi connectivity index (χ4n) is 3.92. The van der Waals surface area contributed by atoms with Crippen LogP contribution in [0.15, 0.2) is 48.7 Å². The average Bonchev–Trinajstić information content (AvgIpc) is 2.78. The number of hydrogen-bond donors (Lipinski definition) is 1. The van der Waals surface area contributed by atoms with E-state index in [1.54, 1.807) is 6.07 Å². The van der Waals surface area contributed by atoms with Gasteiger partial charge in [0.05, 0.1) is 16.8 Å². The van der Waals surface area contributed by atoms with Gasteiger partial charge in [0.1, 0.15) is 17.6 Å². The van der Waals surface area contributed by atoms with Crippen LogP contribution in [-0.2, 0) is 4.79 Å². The van der Waals surface area contributed by atoms with Crippen LogP contribution in [0.3, 0.4) is 0 Å². The summed E-state index contributed by atoms with van der Waals surface area (Å²) in [6, 6.07) is 11.3. The van der Waals surface area contributed by atoms with Gasteiger partial charge in [-0.05, 0) is 55.3 Å². The normalized spacial score (nSPS) is 14.7. The lowest BCUT2D eigenvalue weighted by Crippen LogP contribution is -2.38. The Bertz CT molecular complexity index is 1210. The molecule has 0 atom stereocenters. The summed E-state index contributed by atoms with van der Waals surface area (Å²) in [5.74, 6) is -1.36. The SMILES string of the molecule is N#Cc1cnc2ccc(F)cc2c1N1CCC(C(=O)Nc2ccc(OC(F)(F)F)cc2)CC1. The van der Waals surface area contributed by atoms with Crippen molar-refractivity contribution in [1.82, 2.24) is 4.98 Å². The van der Waals surface area contributed by atoms with Gasteiger partial charge in [0, 0.05) is 36.3 Å². The first kappa shape index (κ1) is 22.3. The van der Waals surface area contributed by atoms with Crippen LogP contribution in [0.5, 0.6) is 5.75 Å². The van der Waals surface area contributed by atoms with E-state index in [9.17, 15) is 27.6 Å². The first-order chi connectivity index (χ1) is 15.7. The number of carbonyl (C=O) groups is 1.